The fourth-order valence-electron chi connectivity index (χ4n) is 3.88. The number of hydrogen-bond donors (Lipinski definition) is 2. The molecule has 24 heavy (non-hydrogen) atoms. The van der Waals surface area contributed by atoms with E-state index in [1.807, 2.05) is 0 Å². The summed E-state index contributed by atoms with van der Waals surface area (Å²) in [4.78, 5) is 22.8. The molecular weight excluding hydrogens is 322 g/mol. The van der Waals surface area contributed by atoms with Crippen molar-refractivity contribution in [3.8, 4) is 0 Å². The second-order valence-electron chi connectivity index (χ2n) is 7.38. The van der Waals surface area contributed by atoms with Crippen LogP contribution in [-0.2, 0) is 17.6 Å². The zero-order valence-corrected chi connectivity index (χ0v) is 15.2. The van der Waals surface area contributed by atoms with E-state index in [0.29, 0.717) is 12.0 Å². The van der Waals surface area contributed by atoms with Gasteiger partial charge in [-0.1, -0.05) is 6.92 Å². The van der Waals surface area contributed by atoms with Crippen LogP contribution in [0.4, 0.5) is 0 Å². The number of hydrogen-bond acceptors (Lipinski definition) is 4. The lowest BCUT2D eigenvalue weighted by Gasteiger charge is -2.17. The number of nitrogens with one attached hydrogen (secondary N) is 1. The summed E-state index contributed by atoms with van der Waals surface area (Å²) in [6, 6.07) is 0.143. The topological polar surface area (TPSA) is 71.6 Å². The number of nitrogens with two attached hydrogens (primary N) is 1. The molecule has 0 radical (unpaired) electrons. The van der Waals surface area contributed by atoms with E-state index in [4.69, 9.17) is 9.72 Å². The normalized spacial score (nSPS) is 25.1. The fraction of sp³-hybridized carbons (Fsp3) is 0.667. The number of aryl methyl sites for hydroxylation is 1. The molecule has 3 heterocycles. The molecule has 1 aliphatic heterocycles. The second kappa shape index (κ2) is 6.58. The van der Waals surface area contributed by atoms with E-state index < -0.39 is 0 Å². The standard InChI is InChI=1S/C18H25N3O2S/c1-10-5-6-13-14(8-10)24-18-15(13)17(22)20-16(21-18)11(2)19-9-12-4-3-7-23-12/h10-12,19H,3-9H2,1-2H3,(H,20,21,22)/p+1/t10-,11-,12-/m0/s1. The molecule has 3 atom stereocenters. The molecule has 130 valence electrons. The smallest absolute Gasteiger partial charge is 0.260 e. The Morgan fingerprint density at radius 3 is 3.12 bits per heavy atom. The molecule has 2 aliphatic rings. The predicted octanol–water partition coefficient (Wildman–Crippen LogP) is 1.91. The Kier molecular flexibility index (Phi) is 4.45. The van der Waals surface area contributed by atoms with E-state index in [1.54, 1.807) is 11.3 Å². The summed E-state index contributed by atoms with van der Waals surface area (Å²) >= 11 is 1.72. The number of aromatic nitrogens is 2. The van der Waals surface area contributed by atoms with E-state index in [2.05, 4.69) is 24.1 Å². The molecule has 0 amide bonds. The summed E-state index contributed by atoms with van der Waals surface area (Å²) in [5, 5.41) is 3.08. The van der Waals surface area contributed by atoms with Crippen LogP contribution in [-0.4, -0.2) is 29.2 Å². The van der Waals surface area contributed by atoms with E-state index >= 15 is 0 Å². The fourth-order valence-corrected chi connectivity index (χ4v) is 5.27. The molecule has 3 N–H and O–H groups in total. The monoisotopic (exact) mass is 348 g/mol. The van der Waals surface area contributed by atoms with Crippen LogP contribution >= 0.6 is 11.3 Å². The van der Waals surface area contributed by atoms with Gasteiger partial charge in [-0.2, -0.15) is 0 Å². The first kappa shape index (κ1) is 16.2. The van der Waals surface area contributed by atoms with Gasteiger partial charge in [0.1, 0.15) is 23.5 Å². The highest BCUT2D eigenvalue weighted by Gasteiger charge is 2.25. The lowest BCUT2D eigenvalue weighted by molar-refractivity contribution is -0.699. The highest BCUT2D eigenvalue weighted by atomic mass is 32.1. The molecule has 1 saturated heterocycles. The van der Waals surface area contributed by atoms with Gasteiger partial charge < -0.3 is 15.0 Å². The number of rotatable bonds is 4. The van der Waals surface area contributed by atoms with E-state index in [0.717, 1.165) is 54.9 Å². The molecule has 0 aromatic carbocycles. The molecule has 2 aromatic heterocycles. The first-order chi connectivity index (χ1) is 11.6. The summed E-state index contributed by atoms with van der Waals surface area (Å²) < 4.78 is 5.68. The number of nitrogens with zero attached hydrogens (tertiary/aromatic N) is 1. The highest BCUT2D eigenvalue weighted by molar-refractivity contribution is 7.18. The van der Waals surface area contributed by atoms with Gasteiger partial charge in [0.15, 0.2) is 5.82 Å². The third-order valence-corrected chi connectivity index (χ3v) is 6.54. The van der Waals surface area contributed by atoms with Crippen molar-refractivity contribution in [2.45, 2.75) is 58.1 Å². The minimum atomic E-state index is 0.0411. The average Bonchev–Trinajstić information content (AvgIpc) is 3.18. The van der Waals surface area contributed by atoms with Gasteiger partial charge in [-0.3, -0.25) is 4.79 Å². The van der Waals surface area contributed by atoms with E-state index in [-0.39, 0.29) is 11.6 Å². The van der Waals surface area contributed by atoms with Crippen molar-refractivity contribution < 1.29 is 10.1 Å². The number of quaternary nitrogens is 1. The Balaban J connectivity index is 1.59. The molecule has 1 fully saturated rings. The third-order valence-electron chi connectivity index (χ3n) is 5.39. The maximum atomic E-state index is 12.7. The maximum Gasteiger partial charge on any atom is 0.260 e. The van der Waals surface area contributed by atoms with Crippen LogP contribution < -0.4 is 10.9 Å². The molecule has 0 bridgehead atoms. The van der Waals surface area contributed by atoms with Gasteiger partial charge in [0.25, 0.3) is 5.56 Å². The van der Waals surface area contributed by atoms with Crippen LogP contribution in [0, 0.1) is 5.92 Å². The summed E-state index contributed by atoms with van der Waals surface area (Å²) in [6.45, 7) is 6.21. The molecule has 0 saturated carbocycles. The summed E-state index contributed by atoms with van der Waals surface area (Å²) in [6.07, 6.45) is 5.92. The first-order valence-electron chi connectivity index (χ1n) is 9.11. The number of aromatic amines is 1. The molecule has 1 aliphatic carbocycles. The van der Waals surface area contributed by atoms with Gasteiger partial charge >= 0.3 is 0 Å². The number of H-pyrrole nitrogens is 1. The third kappa shape index (κ3) is 3.03. The molecule has 6 heteroatoms. The van der Waals surface area contributed by atoms with Crippen molar-refractivity contribution in [3.05, 3.63) is 26.6 Å². The van der Waals surface area contributed by atoms with Gasteiger partial charge in [0, 0.05) is 11.5 Å². The van der Waals surface area contributed by atoms with Gasteiger partial charge in [-0.15, -0.1) is 11.3 Å². The highest BCUT2D eigenvalue weighted by Crippen LogP contribution is 2.35. The SMILES string of the molecule is C[C@H]1CCc2c(sc3nc([C@H](C)[NH2+]C[C@@H]4CCCO4)[nH]c(=O)c23)C1. The van der Waals surface area contributed by atoms with Crippen LogP contribution in [0.1, 0.15) is 55.4 Å². The lowest BCUT2D eigenvalue weighted by atomic mass is 9.89. The van der Waals surface area contributed by atoms with Crippen molar-refractivity contribution in [1.29, 1.82) is 0 Å². The zero-order chi connectivity index (χ0) is 16.7. The summed E-state index contributed by atoms with van der Waals surface area (Å²) in [7, 11) is 0. The average molecular weight is 348 g/mol. The molecule has 0 spiro atoms. The van der Waals surface area contributed by atoms with Crippen LogP contribution in [0.2, 0.25) is 0 Å². The molecule has 0 unspecified atom stereocenters. The Hall–Kier alpha value is -1.24. The lowest BCUT2D eigenvalue weighted by Crippen LogP contribution is -2.86. The van der Waals surface area contributed by atoms with Crippen LogP contribution in [0.5, 0.6) is 0 Å². The summed E-state index contributed by atoms with van der Waals surface area (Å²) in [5.74, 6) is 1.50. The van der Waals surface area contributed by atoms with Crippen molar-refractivity contribution in [1.82, 2.24) is 9.97 Å². The largest absolute Gasteiger partial charge is 0.372 e. The van der Waals surface area contributed by atoms with Gasteiger partial charge in [0.05, 0.1) is 5.39 Å². The molecule has 2 aromatic rings. The van der Waals surface area contributed by atoms with Crippen molar-refractivity contribution in [3.63, 3.8) is 0 Å². The Morgan fingerprint density at radius 1 is 1.46 bits per heavy atom. The van der Waals surface area contributed by atoms with Gasteiger partial charge in [0.2, 0.25) is 0 Å². The Labute approximate surface area is 145 Å². The van der Waals surface area contributed by atoms with Crippen molar-refractivity contribution in [2.24, 2.45) is 5.92 Å². The number of fused-ring (bicyclic) bond motifs is 3. The molecule has 5 nitrogen and oxygen atoms in total. The molecule has 4 rings (SSSR count). The minimum Gasteiger partial charge on any atom is -0.372 e. The maximum absolute atomic E-state index is 12.7. The van der Waals surface area contributed by atoms with Crippen LogP contribution in [0.15, 0.2) is 4.79 Å². The number of ether oxygens (including phenoxy) is 1. The van der Waals surface area contributed by atoms with E-state index in [1.165, 1.54) is 16.9 Å². The van der Waals surface area contributed by atoms with Crippen LogP contribution in [0.25, 0.3) is 10.2 Å². The minimum absolute atomic E-state index is 0.0411. The Morgan fingerprint density at radius 2 is 2.33 bits per heavy atom. The van der Waals surface area contributed by atoms with E-state index in [9.17, 15) is 4.79 Å². The van der Waals surface area contributed by atoms with Crippen molar-refractivity contribution >= 4 is 21.6 Å². The zero-order valence-electron chi connectivity index (χ0n) is 14.4. The predicted molar refractivity (Wildman–Crippen MR) is 95.6 cm³/mol. The quantitative estimate of drug-likeness (QED) is 0.887. The van der Waals surface area contributed by atoms with Gasteiger partial charge in [-0.25, -0.2) is 4.98 Å². The second-order valence-corrected chi connectivity index (χ2v) is 8.46. The first-order valence-corrected chi connectivity index (χ1v) is 9.93. The van der Waals surface area contributed by atoms with Crippen molar-refractivity contribution in [2.75, 3.05) is 13.2 Å². The Bertz CT molecular complexity index is 791. The molecular formula is C18H26N3O2S+. The van der Waals surface area contributed by atoms with Crippen LogP contribution in [0.3, 0.4) is 0 Å². The number of thiophene rings is 1. The summed E-state index contributed by atoms with van der Waals surface area (Å²) in [5.41, 5.74) is 1.30. The van der Waals surface area contributed by atoms with Gasteiger partial charge in [-0.05, 0) is 50.5 Å².